The summed E-state index contributed by atoms with van der Waals surface area (Å²) in [5.74, 6) is -0.290. The number of hydrogen-bond acceptors (Lipinski definition) is 7. The van der Waals surface area contributed by atoms with Crippen LogP contribution in [0.2, 0.25) is 0 Å². The minimum absolute atomic E-state index is 0.0836. The molecule has 0 radical (unpaired) electrons. The number of carbonyl (C=O) groups is 3. The van der Waals surface area contributed by atoms with Gasteiger partial charge in [0.15, 0.2) is 5.78 Å². The number of nitrogens with zero attached hydrogens (tertiary/aromatic N) is 3. The van der Waals surface area contributed by atoms with Gasteiger partial charge in [-0.1, -0.05) is 5.21 Å². The van der Waals surface area contributed by atoms with Crippen LogP contribution in [0.15, 0.2) is 6.20 Å². The number of nitrogens with one attached hydrogen (secondary N) is 1. The molecule has 0 aromatic carbocycles. The molecule has 9 nitrogen and oxygen atoms in total. The van der Waals surface area contributed by atoms with E-state index in [4.69, 9.17) is 9.47 Å². The second-order valence-corrected chi connectivity index (χ2v) is 7.65. The molecule has 0 aliphatic rings. The van der Waals surface area contributed by atoms with Gasteiger partial charge < -0.3 is 14.8 Å². The van der Waals surface area contributed by atoms with E-state index in [1.54, 1.807) is 48.5 Å². The molecule has 1 aromatic heterocycles. The van der Waals surface area contributed by atoms with Gasteiger partial charge in [-0.25, -0.2) is 9.59 Å². The van der Waals surface area contributed by atoms with Crippen LogP contribution in [0.3, 0.4) is 0 Å². The molecule has 0 saturated carbocycles. The van der Waals surface area contributed by atoms with E-state index in [9.17, 15) is 14.4 Å². The molecule has 1 atom stereocenters. The third-order valence-corrected chi connectivity index (χ3v) is 2.69. The first-order valence-corrected chi connectivity index (χ1v) is 7.93. The van der Waals surface area contributed by atoms with E-state index in [0.29, 0.717) is 5.69 Å². The van der Waals surface area contributed by atoms with Crippen LogP contribution in [0.25, 0.3) is 0 Å². The lowest BCUT2D eigenvalue weighted by molar-refractivity contribution is -0.120. The Morgan fingerprint density at radius 3 is 2.20 bits per heavy atom. The summed E-state index contributed by atoms with van der Waals surface area (Å²) in [6, 6.07) is -0.762. The molecule has 1 heterocycles. The third-order valence-electron chi connectivity index (χ3n) is 2.69. The van der Waals surface area contributed by atoms with Crippen molar-refractivity contribution in [3.8, 4) is 0 Å². The Morgan fingerprint density at radius 2 is 1.68 bits per heavy atom. The molecule has 1 amide bonds. The van der Waals surface area contributed by atoms with Crippen molar-refractivity contribution in [2.45, 2.75) is 72.1 Å². The normalized spacial score (nSPS) is 13.1. The monoisotopic (exact) mass is 354 g/mol. The number of amides is 1. The van der Waals surface area contributed by atoms with Crippen LogP contribution in [0.1, 0.15) is 54.2 Å². The number of alkyl carbamates (subject to hydrolysis) is 1. The number of aromatic nitrogens is 3. The van der Waals surface area contributed by atoms with E-state index in [1.165, 1.54) is 6.20 Å². The van der Waals surface area contributed by atoms with E-state index in [-0.39, 0.29) is 12.2 Å². The van der Waals surface area contributed by atoms with Crippen LogP contribution in [-0.2, 0) is 20.7 Å². The summed E-state index contributed by atoms with van der Waals surface area (Å²) < 4.78 is 11.2. The lowest BCUT2D eigenvalue weighted by Crippen LogP contribution is -2.42. The summed E-state index contributed by atoms with van der Waals surface area (Å²) in [7, 11) is 0. The van der Waals surface area contributed by atoms with Crippen molar-refractivity contribution in [3.63, 3.8) is 0 Å². The SMILES string of the molecule is C[C@H](NC(=O)OC(C)(C)C)C(=O)Cc1cn(C(=O)OC(C)(C)C)nn1. The molecule has 0 aliphatic carbocycles. The Morgan fingerprint density at radius 1 is 1.12 bits per heavy atom. The van der Waals surface area contributed by atoms with E-state index in [1.807, 2.05) is 0 Å². The quantitative estimate of drug-likeness (QED) is 0.881. The van der Waals surface area contributed by atoms with Crippen LogP contribution in [0, 0.1) is 0 Å². The van der Waals surface area contributed by atoms with E-state index >= 15 is 0 Å². The van der Waals surface area contributed by atoms with Crippen molar-refractivity contribution >= 4 is 18.0 Å². The Kier molecular flexibility index (Phi) is 6.28. The van der Waals surface area contributed by atoms with Crippen molar-refractivity contribution in [3.05, 3.63) is 11.9 Å². The molecule has 0 spiro atoms. The van der Waals surface area contributed by atoms with E-state index in [2.05, 4.69) is 15.6 Å². The Bertz CT molecular complexity index is 640. The maximum absolute atomic E-state index is 12.2. The van der Waals surface area contributed by atoms with Gasteiger partial charge in [-0.15, -0.1) is 5.10 Å². The molecule has 25 heavy (non-hydrogen) atoms. The fourth-order valence-corrected chi connectivity index (χ4v) is 1.67. The molecule has 0 aliphatic heterocycles. The Hall–Kier alpha value is -2.45. The maximum Gasteiger partial charge on any atom is 0.436 e. The second-order valence-electron chi connectivity index (χ2n) is 7.65. The first kappa shape index (κ1) is 20.6. The zero-order valence-corrected chi connectivity index (χ0v) is 15.7. The molecule has 9 heteroatoms. The number of ether oxygens (including phenoxy) is 2. The minimum Gasteiger partial charge on any atom is -0.444 e. The third kappa shape index (κ3) is 7.77. The number of hydrogen-bond donors (Lipinski definition) is 1. The highest BCUT2D eigenvalue weighted by Gasteiger charge is 2.23. The standard InChI is InChI=1S/C16H26N4O5/c1-10(17-13(22)24-15(2,3)4)12(21)8-11-9-20(19-18-11)14(23)25-16(5,6)7/h9-10H,8H2,1-7H3,(H,17,22)/t10-/m0/s1. The molecule has 0 saturated heterocycles. The van der Waals surface area contributed by atoms with Crippen LogP contribution in [0.5, 0.6) is 0 Å². The zero-order chi connectivity index (χ0) is 19.4. The summed E-state index contributed by atoms with van der Waals surface area (Å²) in [4.78, 5) is 35.7. The summed E-state index contributed by atoms with van der Waals surface area (Å²) >= 11 is 0. The van der Waals surface area contributed by atoms with Crippen LogP contribution < -0.4 is 5.32 Å². The van der Waals surface area contributed by atoms with Gasteiger partial charge in [0.2, 0.25) is 0 Å². The first-order valence-electron chi connectivity index (χ1n) is 7.93. The highest BCUT2D eigenvalue weighted by atomic mass is 16.6. The summed E-state index contributed by atoms with van der Waals surface area (Å²) in [5.41, 5.74) is -1.01. The number of ketones is 1. The lowest BCUT2D eigenvalue weighted by atomic mass is 10.1. The number of Topliss-reactive ketones (excluding diaryl/α,β-unsaturated/α-hetero) is 1. The minimum atomic E-state index is -0.762. The summed E-state index contributed by atoms with van der Waals surface area (Å²) in [6.07, 6.45) is -0.115. The fraction of sp³-hybridized carbons (Fsp3) is 0.688. The van der Waals surface area contributed by atoms with Crippen molar-refractivity contribution in [2.75, 3.05) is 0 Å². The van der Waals surface area contributed by atoms with Gasteiger partial charge >= 0.3 is 12.2 Å². The number of rotatable bonds is 4. The van der Waals surface area contributed by atoms with Crippen molar-refractivity contribution in [1.82, 2.24) is 20.3 Å². The van der Waals surface area contributed by atoms with Crippen LogP contribution in [-0.4, -0.2) is 50.2 Å². The molecular formula is C16H26N4O5. The largest absolute Gasteiger partial charge is 0.444 e. The first-order chi connectivity index (χ1) is 11.3. The highest BCUT2D eigenvalue weighted by Crippen LogP contribution is 2.09. The average molecular weight is 354 g/mol. The van der Waals surface area contributed by atoms with Gasteiger partial charge in [0.1, 0.15) is 11.2 Å². The molecule has 0 unspecified atom stereocenters. The Balaban J connectivity index is 2.60. The molecule has 1 N–H and O–H groups in total. The molecule has 1 aromatic rings. The van der Waals surface area contributed by atoms with Gasteiger partial charge in [0.05, 0.1) is 24.4 Å². The second kappa shape index (κ2) is 7.62. The van der Waals surface area contributed by atoms with Crippen LogP contribution in [0.4, 0.5) is 9.59 Å². The zero-order valence-electron chi connectivity index (χ0n) is 15.7. The predicted molar refractivity (Wildman–Crippen MR) is 89.2 cm³/mol. The average Bonchev–Trinajstić information content (AvgIpc) is 2.82. The fourth-order valence-electron chi connectivity index (χ4n) is 1.67. The molecular weight excluding hydrogens is 328 g/mol. The summed E-state index contributed by atoms with van der Waals surface area (Å²) in [5, 5.41) is 9.89. The highest BCUT2D eigenvalue weighted by molar-refractivity contribution is 5.88. The van der Waals surface area contributed by atoms with Gasteiger partial charge in [-0.2, -0.15) is 4.68 Å². The molecule has 140 valence electrons. The Labute approximate surface area is 147 Å². The topological polar surface area (TPSA) is 112 Å². The molecule has 1 rings (SSSR count). The summed E-state index contributed by atoms with van der Waals surface area (Å²) in [6.45, 7) is 11.9. The maximum atomic E-state index is 12.2. The van der Waals surface area contributed by atoms with Gasteiger partial charge in [-0.05, 0) is 48.5 Å². The lowest BCUT2D eigenvalue weighted by Gasteiger charge is -2.21. The van der Waals surface area contributed by atoms with E-state index in [0.717, 1.165) is 4.68 Å². The van der Waals surface area contributed by atoms with Crippen LogP contribution >= 0.6 is 0 Å². The van der Waals surface area contributed by atoms with Crippen molar-refractivity contribution < 1.29 is 23.9 Å². The van der Waals surface area contributed by atoms with Gasteiger partial charge in [0, 0.05) is 0 Å². The van der Waals surface area contributed by atoms with Gasteiger partial charge in [0.25, 0.3) is 0 Å². The van der Waals surface area contributed by atoms with Crippen molar-refractivity contribution in [2.24, 2.45) is 0 Å². The molecule has 0 bridgehead atoms. The predicted octanol–water partition coefficient (Wildman–Crippen LogP) is 2.09. The van der Waals surface area contributed by atoms with E-state index < -0.39 is 29.4 Å². The number of carbonyl (C=O) groups excluding carboxylic acids is 3. The smallest absolute Gasteiger partial charge is 0.436 e. The van der Waals surface area contributed by atoms with Crippen molar-refractivity contribution in [1.29, 1.82) is 0 Å². The van der Waals surface area contributed by atoms with Gasteiger partial charge in [-0.3, -0.25) is 4.79 Å². The molecule has 0 fully saturated rings.